The normalized spacial score (nSPS) is 10.3. The second-order valence-corrected chi connectivity index (χ2v) is 3.88. The van der Waals surface area contributed by atoms with Crippen LogP contribution in [-0.2, 0) is 11.2 Å². The van der Waals surface area contributed by atoms with E-state index in [1.807, 2.05) is 13.0 Å². The number of carbonyl (C=O) groups is 1. The fourth-order valence-electron chi connectivity index (χ4n) is 1.44. The number of halogens is 1. The van der Waals surface area contributed by atoms with E-state index >= 15 is 0 Å². The average Bonchev–Trinajstić information content (AvgIpc) is 2.12. The summed E-state index contributed by atoms with van der Waals surface area (Å²) in [6, 6.07) is 3.45. The van der Waals surface area contributed by atoms with Crippen molar-refractivity contribution in [2.24, 2.45) is 0 Å². The minimum Gasteiger partial charge on any atom is -0.506 e. The number of aliphatic carboxylic acids is 1. The molecule has 0 spiro atoms. The Labute approximate surface area is 93.3 Å². The van der Waals surface area contributed by atoms with Gasteiger partial charge in [-0.25, -0.2) is 0 Å². The number of aromatic hydroxyl groups is 1. The van der Waals surface area contributed by atoms with Gasteiger partial charge in [-0.3, -0.25) is 4.79 Å². The molecule has 15 heavy (non-hydrogen) atoms. The predicted octanol–water partition coefficient (Wildman–Crippen LogP) is 2.76. The number of aryl methyl sites for hydroxylation is 2. The number of phenolic OH excluding ortho intramolecular Hbond substituents is 1. The predicted molar refractivity (Wildman–Crippen MR) is 58.4 cm³/mol. The van der Waals surface area contributed by atoms with E-state index in [4.69, 9.17) is 16.7 Å². The summed E-state index contributed by atoms with van der Waals surface area (Å²) in [6.45, 7) is 1.86. The smallest absolute Gasteiger partial charge is 0.303 e. The lowest BCUT2D eigenvalue weighted by molar-refractivity contribution is -0.137. The molecule has 0 aliphatic heterocycles. The average molecular weight is 229 g/mol. The van der Waals surface area contributed by atoms with E-state index in [1.165, 1.54) is 0 Å². The Kier molecular flexibility index (Phi) is 3.97. The van der Waals surface area contributed by atoms with Gasteiger partial charge in [-0.05, 0) is 37.0 Å². The van der Waals surface area contributed by atoms with Gasteiger partial charge in [-0.15, -0.1) is 0 Å². The zero-order chi connectivity index (χ0) is 11.4. The quantitative estimate of drug-likeness (QED) is 0.833. The Morgan fingerprint density at radius 2 is 2.13 bits per heavy atom. The van der Waals surface area contributed by atoms with Gasteiger partial charge in [-0.1, -0.05) is 17.7 Å². The van der Waals surface area contributed by atoms with E-state index in [2.05, 4.69) is 0 Å². The number of benzene rings is 1. The van der Waals surface area contributed by atoms with Crippen LogP contribution in [0.1, 0.15) is 24.0 Å². The van der Waals surface area contributed by atoms with Crippen LogP contribution >= 0.6 is 11.6 Å². The molecule has 1 rings (SSSR count). The highest BCUT2D eigenvalue weighted by Gasteiger charge is 2.07. The lowest BCUT2D eigenvalue weighted by atomic mass is 10.1. The standard InChI is InChI=1S/C11H13ClO3/c1-7-5-8(3-2-4-10(14)15)11(12)9(13)6-7/h5-6,13H,2-4H2,1H3,(H,14,15). The zero-order valence-electron chi connectivity index (χ0n) is 8.46. The van der Waals surface area contributed by atoms with Gasteiger partial charge in [0.2, 0.25) is 0 Å². The summed E-state index contributed by atoms with van der Waals surface area (Å²) in [4.78, 5) is 10.3. The molecule has 3 nitrogen and oxygen atoms in total. The van der Waals surface area contributed by atoms with Crippen LogP contribution in [0, 0.1) is 6.92 Å². The number of phenols is 1. The first kappa shape index (κ1) is 11.9. The molecule has 0 bridgehead atoms. The second-order valence-electron chi connectivity index (χ2n) is 3.50. The number of hydrogen-bond donors (Lipinski definition) is 2. The Morgan fingerprint density at radius 3 is 2.73 bits per heavy atom. The van der Waals surface area contributed by atoms with Crippen molar-refractivity contribution in [1.82, 2.24) is 0 Å². The van der Waals surface area contributed by atoms with Gasteiger partial charge in [0.1, 0.15) is 5.75 Å². The SMILES string of the molecule is Cc1cc(O)c(Cl)c(CCCC(=O)O)c1. The van der Waals surface area contributed by atoms with Gasteiger partial charge in [0.25, 0.3) is 0 Å². The topological polar surface area (TPSA) is 57.5 Å². The van der Waals surface area contributed by atoms with Gasteiger partial charge < -0.3 is 10.2 Å². The minimum atomic E-state index is -0.817. The van der Waals surface area contributed by atoms with E-state index in [-0.39, 0.29) is 12.2 Å². The molecule has 0 aliphatic carbocycles. The number of carboxylic acid groups (broad SMARTS) is 1. The fourth-order valence-corrected chi connectivity index (χ4v) is 1.64. The van der Waals surface area contributed by atoms with Crippen LogP contribution in [-0.4, -0.2) is 16.2 Å². The van der Waals surface area contributed by atoms with Crippen LogP contribution in [0.4, 0.5) is 0 Å². The van der Waals surface area contributed by atoms with Crippen LogP contribution in [0.25, 0.3) is 0 Å². The van der Waals surface area contributed by atoms with Crippen LogP contribution in [0.5, 0.6) is 5.75 Å². The molecule has 0 radical (unpaired) electrons. The molecule has 2 N–H and O–H groups in total. The monoisotopic (exact) mass is 228 g/mol. The molecule has 0 aromatic heterocycles. The Morgan fingerprint density at radius 1 is 1.47 bits per heavy atom. The maximum Gasteiger partial charge on any atom is 0.303 e. The highest BCUT2D eigenvalue weighted by molar-refractivity contribution is 6.32. The molecule has 0 fully saturated rings. The Bertz CT molecular complexity index is 374. The zero-order valence-corrected chi connectivity index (χ0v) is 9.21. The minimum absolute atomic E-state index is 0.0574. The molecule has 0 amide bonds. The summed E-state index contributed by atoms with van der Waals surface area (Å²) in [5.74, 6) is -0.759. The van der Waals surface area contributed by atoms with E-state index in [1.54, 1.807) is 6.07 Å². The molecule has 1 aromatic rings. The molecule has 82 valence electrons. The van der Waals surface area contributed by atoms with Gasteiger partial charge in [0.15, 0.2) is 0 Å². The molecule has 0 saturated heterocycles. The lowest BCUT2D eigenvalue weighted by Gasteiger charge is -2.06. The van der Waals surface area contributed by atoms with Gasteiger partial charge in [-0.2, -0.15) is 0 Å². The number of carboxylic acids is 1. The van der Waals surface area contributed by atoms with Crippen molar-refractivity contribution in [3.05, 3.63) is 28.3 Å². The summed E-state index contributed by atoms with van der Waals surface area (Å²) >= 11 is 5.88. The maximum atomic E-state index is 10.3. The molecule has 0 heterocycles. The highest BCUT2D eigenvalue weighted by Crippen LogP contribution is 2.29. The highest BCUT2D eigenvalue weighted by atomic mass is 35.5. The molecule has 0 atom stereocenters. The van der Waals surface area contributed by atoms with Crippen molar-refractivity contribution in [2.75, 3.05) is 0 Å². The van der Waals surface area contributed by atoms with Crippen molar-refractivity contribution in [1.29, 1.82) is 0 Å². The van der Waals surface area contributed by atoms with Crippen molar-refractivity contribution in [3.8, 4) is 5.75 Å². The van der Waals surface area contributed by atoms with Crippen molar-refractivity contribution < 1.29 is 15.0 Å². The Balaban J connectivity index is 2.72. The molecule has 0 saturated carbocycles. The van der Waals surface area contributed by atoms with Gasteiger partial charge in [0.05, 0.1) is 5.02 Å². The van der Waals surface area contributed by atoms with Crippen molar-refractivity contribution >= 4 is 17.6 Å². The number of hydrogen-bond acceptors (Lipinski definition) is 2. The first-order chi connectivity index (χ1) is 7.00. The van der Waals surface area contributed by atoms with Gasteiger partial charge in [0, 0.05) is 6.42 Å². The van der Waals surface area contributed by atoms with E-state index in [9.17, 15) is 9.90 Å². The van der Waals surface area contributed by atoms with Crippen LogP contribution in [0.3, 0.4) is 0 Å². The molecule has 1 aromatic carbocycles. The summed E-state index contributed by atoms with van der Waals surface area (Å²) in [5, 5.41) is 18.3. The fraction of sp³-hybridized carbons (Fsp3) is 0.364. The summed E-state index contributed by atoms with van der Waals surface area (Å²) in [6.07, 6.45) is 1.21. The number of rotatable bonds is 4. The third-order valence-electron chi connectivity index (χ3n) is 2.11. The third kappa shape index (κ3) is 3.44. The summed E-state index contributed by atoms with van der Waals surface area (Å²) < 4.78 is 0. The lowest BCUT2D eigenvalue weighted by Crippen LogP contribution is -1.96. The molecule has 0 unspecified atom stereocenters. The van der Waals surface area contributed by atoms with E-state index in [0.717, 1.165) is 11.1 Å². The second kappa shape index (κ2) is 5.03. The molecular formula is C11H13ClO3. The summed E-state index contributed by atoms with van der Waals surface area (Å²) in [7, 11) is 0. The van der Waals surface area contributed by atoms with Crippen LogP contribution in [0.2, 0.25) is 5.02 Å². The van der Waals surface area contributed by atoms with Crippen molar-refractivity contribution in [3.63, 3.8) is 0 Å². The van der Waals surface area contributed by atoms with Gasteiger partial charge >= 0.3 is 5.97 Å². The largest absolute Gasteiger partial charge is 0.506 e. The first-order valence-electron chi connectivity index (χ1n) is 4.70. The first-order valence-corrected chi connectivity index (χ1v) is 5.08. The van der Waals surface area contributed by atoms with Crippen LogP contribution < -0.4 is 0 Å². The van der Waals surface area contributed by atoms with Crippen molar-refractivity contribution in [2.45, 2.75) is 26.2 Å². The summed E-state index contributed by atoms with van der Waals surface area (Å²) in [5.41, 5.74) is 1.72. The Hall–Kier alpha value is -1.22. The van der Waals surface area contributed by atoms with E-state index in [0.29, 0.717) is 17.9 Å². The third-order valence-corrected chi connectivity index (χ3v) is 2.55. The van der Waals surface area contributed by atoms with E-state index < -0.39 is 5.97 Å². The molecule has 0 aliphatic rings. The maximum absolute atomic E-state index is 10.3. The molecule has 4 heteroatoms. The molecular weight excluding hydrogens is 216 g/mol. The van der Waals surface area contributed by atoms with Crippen LogP contribution in [0.15, 0.2) is 12.1 Å².